The van der Waals surface area contributed by atoms with Crippen LogP contribution in [0, 0.1) is 0 Å². The van der Waals surface area contributed by atoms with Crippen molar-refractivity contribution >= 4 is 18.5 Å². The molecule has 3 rings (SSSR count). The third-order valence-electron chi connectivity index (χ3n) is 6.08. The highest BCUT2D eigenvalue weighted by Gasteiger charge is 2.19. The molecule has 3 heterocycles. The zero-order valence-corrected chi connectivity index (χ0v) is 21.7. The minimum atomic E-state index is -4.56. The first-order chi connectivity index (χ1) is 13.1. The van der Waals surface area contributed by atoms with E-state index in [1.54, 1.807) is 0 Å². The smallest absolute Gasteiger partial charge is 0.0782 e. The summed E-state index contributed by atoms with van der Waals surface area (Å²) in [6, 6.07) is 0. The molecule has 8 heteroatoms. The number of rotatable bonds is 0. The Bertz CT molecular complexity index is 397. The second kappa shape index (κ2) is 13.7. The van der Waals surface area contributed by atoms with Crippen molar-refractivity contribution in [2.45, 2.75) is 57.8 Å². The third-order valence-corrected chi connectivity index (χ3v) is 6.08. The zero-order chi connectivity index (χ0) is 22.6. The number of likely N-dealkylation sites (tertiary alicyclic amines) is 3. The maximum Gasteiger partial charge on any atom is 0.0782 e. The van der Waals surface area contributed by atoms with Gasteiger partial charge in [-0.05, 0) is 57.8 Å². The van der Waals surface area contributed by atoms with E-state index in [2.05, 4.69) is 54.1 Å². The first-order valence-corrected chi connectivity index (χ1v) is 13.9. The molecule has 6 nitrogen and oxygen atoms in total. The van der Waals surface area contributed by atoms with Gasteiger partial charge in [0.15, 0.2) is 0 Å². The molecule has 0 amide bonds. The van der Waals surface area contributed by atoms with Crippen LogP contribution < -0.4 is 14.7 Å². The van der Waals surface area contributed by atoms with Gasteiger partial charge in [0.1, 0.15) is 0 Å². The van der Waals surface area contributed by atoms with Gasteiger partial charge < -0.3 is 34.8 Å². The second-order valence-electron chi connectivity index (χ2n) is 10.8. The summed E-state index contributed by atoms with van der Waals surface area (Å²) in [7, 11) is 13.9. The Morgan fingerprint density at radius 3 is 0.655 bits per heavy atom. The molecule has 0 aromatic carbocycles. The van der Waals surface area contributed by atoms with Gasteiger partial charge in [-0.25, -0.2) is 0 Å². The molecular formula is C21H48N3O3PS. The normalized spacial score (nSPS) is 25.0. The fourth-order valence-electron chi connectivity index (χ4n) is 4.10. The fraction of sp³-hybridized carbons (Fsp3) is 1.00. The van der Waals surface area contributed by atoms with E-state index in [0.29, 0.717) is 0 Å². The van der Waals surface area contributed by atoms with Crippen LogP contribution in [0.25, 0.3) is 0 Å². The number of nitrogens with zero attached hydrogens (tertiary/aromatic N) is 3. The van der Waals surface area contributed by atoms with Gasteiger partial charge in [0.2, 0.25) is 0 Å². The average molecular weight is 454 g/mol. The molecule has 0 aromatic heterocycles. The highest BCUT2D eigenvalue weighted by Crippen LogP contribution is 2.13. The minimum absolute atomic E-state index is 1.25. The van der Waals surface area contributed by atoms with Gasteiger partial charge in [-0.2, -0.15) is 11.8 Å². The molecule has 0 N–H and O–H groups in total. The average Bonchev–Trinajstić information content (AvgIpc) is 2.54. The Morgan fingerprint density at radius 1 is 0.448 bits per heavy atom. The van der Waals surface area contributed by atoms with Crippen LogP contribution in [0.1, 0.15) is 57.8 Å². The van der Waals surface area contributed by atoms with Gasteiger partial charge in [0, 0.05) is 0 Å². The van der Waals surface area contributed by atoms with Gasteiger partial charge in [-0.15, -0.1) is 0 Å². The lowest BCUT2D eigenvalue weighted by molar-refractivity contribution is -0.894. The third kappa shape index (κ3) is 21.4. The van der Waals surface area contributed by atoms with E-state index >= 15 is 0 Å². The fourth-order valence-corrected chi connectivity index (χ4v) is 4.10. The summed E-state index contributed by atoms with van der Waals surface area (Å²) < 4.78 is 3.75. The molecule has 176 valence electrons. The van der Waals surface area contributed by atoms with E-state index in [1.807, 2.05) is 0 Å². The Morgan fingerprint density at radius 2 is 0.586 bits per heavy atom. The van der Waals surface area contributed by atoms with E-state index in [-0.39, 0.29) is 0 Å². The predicted octanol–water partition coefficient (Wildman–Crippen LogP) is 1.03. The summed E-state index contributed by atoms with van der Waals surface area (Å²) in [4.78, 5) is 26.8. The molecule has 0 unspecified atom stereocenters. The molecule has 0 aliphatic carbocycles. The summed E-state index contributed by atoms with van der Waals surface area (Å²) in [6.45, 7) is 3.78. The van der Waals surface area contributed by atoms with Crippen molar-refractivity contribution in [3.63, 3.8) is 0 Å². The van der Waals surface area contributed by atoms with Gasteiger partial charge in [0.05, 0.1) is 81.6 Å². The molecule has 3 aliphatic rings. The standard InChI is InChI=1S/3C7H16N.H3O3PS/c3*1-8(2)6-4-3-5-7-8;1-4(2,3)5/h3*3-7H2,1-2H3;(H3,1,2,3,5)/q3*+1;/p-3. The lowest BCUT2D eigenvalue weighted by Gasteiger charge is -2.43. The number of hydrogen-bond acceptors (Lipinski definition) is 4. The van der Waals surface area contributed by atoms with Crippen LogP contribution in [0.5, 0.6) is 0 Å². The molecule has 3 aliphatic heterocycles. The van der Waals surface area contributed by atoms with Gasteiger partial charge >= 0.3 is 0 Å². The summed E-state index contributed by atoms with van der Waals surface area (Å²) in [5, 5.41) is 0. The van der Waals surface area contributed by atoms with Gasteiger partial charge in [-0.3, -0.25) is 0 Å². The molecule has 3 fully saturated rings. The Hall–Kier alpha value is 0.410. The van der Waals surface area contributed by atoms with Crippen LogP contribution in [0.15, 0.2) is 0 Å². The monoisotopic (exact) mass is 453 g/mol. The molecule has 29 heavy (non-hydrogen) atoms. The highest BCUT2D eigenvalue weighted by molar-refractivity contribution is 8.04. The van der Waals surface area contributed by atoms with Crippen molar-refractivity contribution in [3.05, 3.63) is 0 Å². The van der Waals surface area contributed by atoms with E-state index in [9.17, 15) is 0 Å². The first kappa shape index (κ1) is 29.4. The van der Waals surface area contributed by atoms with E-state index in [1.165, 1.54) is 111 Å². The van der Waals surface area contributed by atoms with E-state index in [4.69, 9.17) is 14.7 Å². The molecule has 0 atom stereocenters. The van der Waals surface area contributed by atoms with Gasteiger partial charge in [0.25, 0.3) is 0 Å². The molecular weight excluding hydrogens is 405 g/mol. The highest BCUT2D eigenvalue weighted by atomic mass is 32.5. The van der Waals surface area contributed by atoms with E-state index < -0.39 is 6.72 Å². The molecule has 0 radical (unpaired) electrons. The van der Waals surface area contributed by atoms with Gasteiger partial charge in [-0.1, -0.05) is 0 Å². The summed E-state index contributed by atoms with van der Waals surface area (Å²) >= 11 is 3.27. The Labute approximate surface area is 186 Å². The van der Waals surface area contributed by atoms with Crippen LogP contribution >= 0.6 is 6.72 Å². The predicted molar refractivity (Wildman–Crippen MR) is 121 cm³/mol. The molecule has 0 aromatic rings. The quantitative estimate of drug-likeness (QED) is 0.406. The maximum absolute atomic E-state index is 8.92. The molecule has 0 spiro atoms. The van der Waals surface area contributed by atoms with Crippen LogP contribution in [0.4, 0.5) is 0 Å². The van der Waals surface area contributed by atoms with Crippen LogP contribution in [-0.2, 0) is 11.8 Å². The van der Waals surface area contributed by atoms with Crippen molar-refractivity contribution in [1.29, 1.82) is 0 Å². The van der Waals surface area contributed by atoms with Crippen molar-refractivity contribution in [3.8, 4) is 0 Å². The van der Waals surface area contributed by atoms with Crippen LogP contribution in [-0.4, -0.2) is 95.0 Å². The van der Waals surface area contributed by atoms with Crippen molar-refractivity contribution in [2.75, 3.05) is 81.6 Å². The minimum Gasteiger partial charge on any atom is -0.844 e. The number of quaternary nitrogens is 3. The van der Waals surface area contributed by atoms with Crippen molar-refractivity contribution in [2.24, 2.45) is 0 Å². The Balaban J connectivity index is 0.000000367. The molecule has 0 saturated carbocycles. The maximum atomic E-state index is 8.92. The summed E-state index contributed by atoms with van der Waals surface area (Å²) in [6.07, 6.45) is 13.0. The summed E-state index contributed by atoms with van der Waals surface area (Å²) in [5.41, 5.74) is 0. The van der Waals surface area contributed by atoms with Crippen LogP contribution in [0.3, 0.4) is 0 Å². The summed E-state index contributed by atoms with van der Waals surface area (Å²) in [5.74, 6) is 0. The lowest BCUT2D eigenvalue weighted by Crippen LogP contribution is -2.43. The van der Waals surface area contributed by atoms with Crippen molar-refractivity contribution in [1.82, 2.24) is 0 Å². The van der Waals surface area contributed by atoms with Crippen molar-refractivity contribution < 1.29 is 28.1 Å². The van der Waals surface area contributed by atoms with E-state index in [0.717, 1.165) is 0 Å². The van der Waals surface area contributed by atoms with Crippen LogP contribution in [0.2, 0.25) is 0 Å². The number of hydrogen-bond donors (Lipinski definition) is 0. The topological polar surface area (TPSA) is 69.2 Å². The first-order valence-electron chi connectivity index (χ1n) is 11.3. The number of piperidine rings is 3. The zero-order valence-electron chi connectivity index (χ0n) is 20.0. The molecule has 3 saturated heterocycles. The molecule has 0 bridgehead atoms. The second-order valence-corrected chi connectivity index (χ2v) is 13.0. The largest absolute Gasteiger partial charge is 0.844 e. The lowest BCUT2D eigenvalue weighted by atomic mass is 10.1. The Kier molecular flexibility index (Phi) is 13.9. The SMILES string of the molecule is C[N+]1(C)CCCCC1.C[N+]1(C)CCCCC1.C[N+]1(C)CCCCC1.[O-]P([O-])([O-])=S.